The van der Waals surface area contributed by atoms with Gasteiger partial charge in [0.05, 0.1) is 19.1 Å². The van der Waals surface area contributed by atoms with Gasteiger partial charge in [-0.25, -0.2) is 0 Å². The summed E-state index contributed by atoms with van der Waals surface area (Å²) >= 11 is 0. The fraction of sp³-hybridized carbons (Fsp3) is 0.923. The molecule has 98 valence electrons. The number of carbonyl (C=O) groups is 1. The predicted octanol–water partition coefficient (Wildman–Crippen LogP) is 1.08. The zero-order valence-electron chi connectivity index (χ0n) is 10.6. The van der Waals surface area contributed by atoms with Crippen molar-refractivity contribution >= 4 is 5.91 Å². The first-order chi connectivity index (χ1) is 8.15. The normalized spacial score (nSPS) is 38.0. The van der Waals surface area contributed by atoms with Crippen molar-refractivity contribution in [3.63, 3.8) is 0 Å². The lowest BCUT2D eigenvalue weighted by Gasteiger charge is -2.32. The van der Waals surface area contributed by atoms with Crippen LogP contribution in [-0.4, -0.2) is 36.9 Å². The summed E-state index contributed by atoms with van der Waals surface area (Å²) in [6, 6.07) is 0.127. The number of rotatable bonds is 3. The smallest absolute Gasteiger partial charge is 0.225 e. The van der Waals surface area contributed by atoms with E-state index < -0.39 is 0 Å². The summed E-state index contributed by atoms with van der Waals surface area (Å²) in [6.07, 6.45) is 4.96. The van der Waals surface area contributed by atoms with Gasteiger partial charge in [-0.15, -0.1) is 0 Å². The SMILES string of the molecule is CC1(CO)CCCC1NC(=O)C1CCCOC1. The van der Waals surface area contributed by atoms with Crippen LogP contribution in [0.15, 0.2) is 0 Å². The molecule has 1 heterocycles. The Morgan fingerprint density at radius 3 is 2.94 bits per heavy atom. The molecule has 2 rings (SSSR count). The summed E-state index contributed by atoms with van der Waals surface area (Å²) in [5.74, 6) is 0.114. The van der Waals surface area contributed by atoms with Gasteiger partial charge >= 0.3 is 0 Å². The van der Waals surface area contributed by atoms with Gasteiger partial charge in [-0.2, -0.15) is 0 Å². The first-order valence-corrected chi connectivity index (χ1v) is 6.65. The van der Waals surface area contributed by atoms with Gasteiger partial charge in [0.25, 0.3) is 0 Å². The highest BCUT2D eigenvalue weighted by atomic mass is 16.5. The third-order valence-electron chi connectivity index (χ3n) is 4.29. The molecule has 1 saturated carbocycles. The summed E-state index contributed by atoms with van der Waals surface area (Å²) < 4.78 is 5.34. The quantitative estimate of drug-likeness (QED) is 0.777. The van der Waals surface area contributed by atoms with E-state index in [0.717, 1.165) is 38.7 Å². The van der Waals surface area contributed by atoms with Crippen LogP contribution in [-0.2, 0) is 9.53 Å². The van der Waals surface area contributed by atoms with E-state index in [-0.39, 0.29) is 29.9 Å². The lowest BCUT2D eigenvalue weighted by molar-refractivity contribution is -0.130. The van der Waals surface area contributed by atoms with Crippen molar-refractivity contribution in [2.24, 2.45) is 11.3 Å². The minimum atomic E-state index is -0.134. The molecule has 1 saturated heterocycles. The second kappa shape index (κ2) is 5.36. The van der Waals surface area contributed by atoms with Crippen molar-refractivity contribution in [3.05, 3.63) is 0 Å². The molecule has 2 aliphatic rings. The van der Waals surface area contributed by atoms with Crippen LogP contribution in [0.2, 0.25) is 0 Å². The first-order valence-electron chi connectivity index (χ1n) is 6.65. The molecular weight excluding hydrogens is 218 g/mol. The molecule has 1 amide bonds. The summed E-state index contributed by atoms with van der Waals surface area (Å²) in [7, 11) is 0. The van der Waals surface area contributed by atoms with Gasteiger partial charge in [0, 0.05) is 18.1 Å². The van der Waals surface area contributed by atoms with E-state index in [0.29, 0.717) is 6.61 Å². The Morgan fingerprint density at radius 1 is 1.47 bits per heavy atom. The summed E-state index contributed by atoms with van der Waals surface area (Å²) in [4.78, 5) is 12.1. The van der Waals surface area contributed by atoms with Gasteiger partial charge < -0.3 is 15.2 Å². The summed E-state index contributed by atoms with van der Waals surface area (Å²) in [6.45, 7) is 3.54. The Labute approximate surface area is 103 Å². The van der Waals surface area contributed by atoms with Crippen LogP contribution in [0.1, 0.15) is 39.0 Å². The fourth-order valence-electron chi connectivity index (χ4n) is 2.91. The molecule has 1 aliphatic carbocycles. The average Bonchev–Trinajstić information content (AvgIpc) is 2.73. The second-order valence-corrected chi connectivity index (χ2v) is 5.68. The highest BCUT2D eigenvalue weighted by molar-refractivity contribution is 5.79. The Bertz CT molecular complexity index is 276. The molecule has 0 aromatic heterocycles. The van der Waals surface area contributed by atoms with Crippen LogP contribution in [0.3, 0.4) is 0 Å². The molecule has 0 spiro atoms. The Hall–Kier alpha value is -0.610. The highest BCUT2D eigenvalue weighted by Gasteiger charge is 2.39. The molecular formula is C13H23NO3. The van der Waals surface area contributed by atoms with Crippen molar-refractivity contribution in [1.82, 2.24) is 5.32 Å². The molecule has 2 N–H and O–H groups in total. The van der Waals surface area contributed by atoms with E-state index in [4.69, 9.17) is 4.74 Å². The number of hydrogen-bond acceptors (Lipinski definition) is 3. The maximum Gasteiger partial charge on any atom is 0.225 e. The molecule has 3 atom stereocenters. The van der Waals surface area contributed by atoms with Crippen LogP contribution in [0.4, 0.5) is 0 Å². The van der Waals surface area contributed by atoms with Crippen LogP contribution >= 0.6 is 0 Å². The Kier molecular flexibility index (Phi) is 4.05. The maximum atomic E-state index is 12.1. The molecule has 4 heteroatoms. The van der Waals surface area contributed by atoms with Crippen molar-refractivity contribution in [2.75, 3.05) is 19.8 Å². The minimum absolute atomic E-state index is 0.00675. The van der Waals surface area contributed by atoms with E-state index in [1.807, 2.05) is 0 Å². The second-order valence-electron chi connectivity index (χ2n) is 5.68. The van der Waals surface area contributed by atoms with Gasteiger partial charge in [-0.1, -0.05) is 13.3 Å². The van der Waals surface area contributed by atoms with Crippen molar-refractivity contribution in [3.8, 4) is 0 Å². The third-order valence-corrected chi connectivity index (χ3v) is 4.29. The fourth-order valence-corrected chi connectivity index (χ4v) is 2.91. The summed E-state index contributed by atoms with van der Waals surface area (Å²) in [5.41, 5.74) is -0.134. The van der Waals surface area contributed by atoms with Gasteiger partial charge in [0.15, 0.2) is 0 Å². The number of ether oxygens (including phenoxy) is 1. The van der Waals surface area contributed by atoms with Gasteiger partial charge in [-0.05, 0) is 25.7 Å². The number of aliphatic hydroxyl groups excluding tert-OH is 1. The average molecular weight is 241 g/mol. The maximum absolute atomic E-state index is 12.1. The lowest BCUT2D eigenvalue weighted by atomic mass is 9.85. The van der Waals surface area contributed by atoms with Crippen molar-refractivity contribution in [1.29, 1.82) is 0 Å². The van der Waals surface area contributed by atoms with Crippen LogP contribution < -0.4 is 5.32 Å². The molecule has 17 heavy (non-hydrogen) atoms. The zero-order chi connectivity index (χ0) is 12.3. The number of hydrogen-bond donors (Lipinski definition) is 2. The van der Waals surface area contributed by atoms with Gasteiger partial charge in [0.1, 0.15) is 0 Å². The molecule has 4 nitrogen and oxygen atoms in total. The summed E-state index contributed by atoms with van der Waals surface area (Å²) in [5, 5.41) is 12.6. The molecule has 2 fully saturated rings. The Balaban J connectivity index is 1.89. The van der Waals surface area contributed by atoms with E-state index in [1.165, 1.54) is 0 Å². The molecule has 0 aromatic carbocycles. The Morgan fingerprint density at radius 2 is 2.29 bits per heavy atom. The predicted molar refractivity (Wildman–Crippen MR) is 64.5 cm³/mol. The third kappa shape index (κ3) is 2.80. The molecule has 3 unspecified atom stereocenters. The molecule has 0 radical (unpaired) electrons. The molecule has 1 aliphatic heterocycles. The number of nitrogens with one attached hydrogen (secondary N) is 1. The standard InChI is InChI=1S/C13H23NO3/c1-13(9-15)6-2-5-11(13)14-12(16)10-4-3-7-17-8-10/h10-11,15H,2-9H2,1H3,(H,14,16). The van der Waals surface area contributed by atoms with E-state index in [2.05, 4.69) is 12.2 Å². The lowest BCUT2D eigenvalue weighted by Crippen LogP contribution is -2.48. The van der Waals surface area contributed by atoms with Crippen molar-refractivity contribution < 1.29 is 14.6 Å². The number of aliphatic hydroxyl groups is 1. The minimum Gasteiger partial charge on any atom is -0.396 e. The highest BCUT2D eigenvalue weighted by Crippen LogP contribution is 2.37. The van der Waals surface area contributed by atoms with Crippen molar-refractivity contribution in [2.45, 2.75) is 45.1 Å². The van der Waals surface area contributed by atoms with E-state index in [9.17, 15) is 9.90 Å². The largest absolute Gasteiger partial charge is 0.396 e. The first kappa shape index (κ1) is 12.8. The van der Waals surface area contributed by atoms with E-state index in [1.54, 1.807) is 0 Å². The monoisotopic (exact) mass is 241 g/mol. The van der Waals surface area contributed by atoms with Crippen LogP contribution in [0.25, 0.3) is 0 Å². The molecule has 0 aromatic rings. The number of carbonyl (C=O) groups excluding carboxylic acids is 1. The van der Waals surface area contributed by atoms with Gasteiger partial charge in [0.2, 0.25) is 5.91 Å². The van der Waals surface area contributed by atoms with E-state index >= 15 is 0 Å². The number of amides is 1. The van der Waals surface area contributed by atoms with Crippen LogP contribution in [0, 0.1) is 11.3 Å². The topological polar surface area (TPSA) is 58.6 Å². The zero-order valence-corrected chi connectivity index (χ0v) is 10.6. The van der Waals surface area contributed by atoms with Gasteiger partial charge in [-0.3, -0.25) is 4.79 Å². The molecule has 0 bridgehead atoms. The van der Waals surface area contributed by atoms with Crippen LogP contribution in [0.5, 0.6) is 0 Å².